The molecule has 1 aromatic carbocycles. The second-order valence-corrected chi connectivity index (χ2v) is 6.82. The molecule has 4 atom stereocenters. The number of furan rings is 1. The standard InChI is InChI=1S/C19H23NO5/c1-10-12-5-4-11(23-3)8-15(12)25-17(10)19(21)20-16-13-6-7-24-18(13)14(16)9-22-2/h4-5,8,13-14,16,18H,6-7,9H2,1-3H3,(H,20,21)/t13-,14+,16+,18-/m1/s1. The molecule has 2 fully saturated rings. The lowest BCUT2D eigenvalue weighted by Crippen LogP contribution is -2.62. The maximum absolute atomic E-state index is 12.8. The van der Waals surface area contributed by atoms with E-state index in [1.54, 1.807) is 20.3 Å². The highest BCUT2D eigenvalue weighted by molar-refractivity contribution is 5.99. The molecule has 1 saturated carbocycles. The van der Waals surface area contributed by atoms with Crippen LogP contribution in [0.1, 0.15) is 22.5 Å². The largest absolute Gasteiger partial charge is 0.497 e. The minimum atomic E-state index is -0.177. The highest BCUT2D eigenvalue weighted by atomic mass is 16.5. The Bertz CT molecular complexity index is 798. The van der Waals surface area contributed by atoms with Gasteiger partial charge in [0.1, 0.15) is 11.3 Å². The molecule has 25 heavy (non-hydrogen) atoms. The third-order valence-corrected chi connectivity index (χ3v) is 5.54. The summed E-state index contributed by atoms with van der Waals surface area (Å²) in [5.41, 5.74) is 1.50. The average Bonchev–Trinajstić information content (AvgIpc) is 3.19. The van der Waals surface area contributed by atoms with Crippen molar-refractivity contribution < 1.29 is 23.4 Å². The topological polar surface area (TPSA) is 69.9 Å². The van der Waals surface area contributed by atoms with Gasteiger partial charge in [0.15, 0.2) is 5.76 Å². The number of benzene rings is 1. The first kappa shape index (κ1) is 16.4. The van der Waals surface area contributed by atoms with Crippen LogP contribution in [0.3, 0.4) is 0 Å². The molecular weight excluding hydrogens is 322 g/mol. The third kappa shape index (κ3) is 2.60. The van der Waals surface area contributed by atoms with E-state index in [9.17, 15) is 4.79 Å². The lowest BCUT2D eigenvalue weighted by atomic mass is 9.67. The van der Waals surface area contributed by atoms with E-state index < -0.39 is 0 Å². The fraction of sp³-hybridized carbons (Fsp3) is 0.526. The molecule has 0 spiro atoms. The smallest absolute Gasteiger partial charge is 0.287 e. The van der Waals surface area contributed by atoms with Crippen LogP contribution in [0.25, 0.3) is 11.0 Å². The summed E-state index contributed by atoms with van der Waals surface area (Å²) in [4.78, 5) is 12.8. The molecule has 0 unspecified atom stereocenters. The molecule has 4 rings (SSSR count). The number of methoxy groups -OCH3 is 2. The molecule has 0 radical (unpaired) electrons. The van der Waals surface area contributed by atoms with Gasteiger partial charge in [-0.25, -0.2) is 0 Å². The van der Waals surface area contributed by atoms with Crippen molar-refractivity contribution in [1.82, 2.24) is 5.32 Å². The van der Waals surface area contributed by atoms with Crippen LogP contribution in [0.15, 0.2) is 22.6 Å². The van der Waals surface area contributed by atoms with Crippen LogP contribution in [0.5, 0.6) is 5.75 Å². The summed E-state index contributed by atoms with van der Waals surface area (Å²) in [6.45, 7) is 3.25. The number of aryl methyl sites for hydroxylation is 1. The molecule has 1 aliphatic carbocycles. The van der Waals surface area contributed by atoms with Crippen LogP contribution >= 0.6 is 0 Å². The van der Waals surface area contributed by atoms with Crippen LogP contribution in [0.2, 0.25) is 0 Å². The van der Waals surface area contributed by atoms with Gasteiger partial charge in [0, 0.05) is 48.6 Å². The average molecular weight is 345 g/mol. The lowest BCUT2D eigenvalue weighted by molar-refractivity contribution is -0.0811. The van der Waals surface area contributed by atoms with Crippen molar-refractivity contribution in [2.45, 2.75) is 25.5 Å². The molecule has 1 aliphatic heterocycles. The first-order valence-corrected chi connectivity index (χ1v) is 8.62. The fourth-order valence-electron chi connectivity index (χ4n) is 4.20. The van der Waals surface area contributed by atoms with Crippen molar-refractivity contribution in [3.8, 4) is 5.75 Å². The second kappa shape index (κ2) is 6.35. The Morgan fingerprint density at radius 1 is 1.36 bits per heavy atom. The van der Waals surface area contributed by atoms with Gasteiger partial charge in [-0.1, -0.05) is 0 Å². The van der Waals surface area contributed by atoms with Crippen molar-refractivity contribution in [2.75, 3.05) is 27.4 Å². The number of fused-ring (bicyclic) bond motifs is 2. The van der Waals surface area contributed by atoms with Crippen LogP contribution in [0.4, 0.5) is 0 Å². The Morgan fingerprint density at radius 3 is 2.96 bits per heavy atom. The van der Waals surface area contributed by atoms with E-state index in [1.165, 1.54) is 0 Å². The van der Waals surface area contributed by atoms with Gasteiger partial charge in [-0.3, -0.25) is 4.79 Å². The van der Waals surface area contributed by atoms with Gasteiger partial charge in [-0.05, 0) is 25.5 Å². The van der Waals surface area contributed by atoms with E-state index in [1.807, 2.05) is 19.1 Å². The maximum atomic E-state index is 12.8. The highest BCUT2D eigenvalue weighted by Crippen LogP contribution is 2.44. The minimum absolute atomic E-state index is 0.0714. The molecule has 2 aromatic rings. The van der Waals surface area contributed by atoms with Crippen LogP contribution < -0.4 is 10.1 Å². The van der Waals surface area contributed by atoms with Gasteiger partial charge in [-0.15, -0.1) is 0 Å². The van der Waals surface area contributed by atoms with E-state index in [4.69, 9.17) is 18.6 Å². The molecule has 1 saturated heterocycles. The molecule has 1 N–H and O–H groups in total. The van der Waals surface area contributed by atoms with Gasteiger partial charge in [0.05, 0.1) is 19.8 Å². The fourth-order valence-corrected chi connectivity index (χ4v) is 4.20. The number of nitrogens with one attached hydrogen (secondary N) is 1. The van der Waals surface area contributed by atoms with E-state index in [-0.39, 0.29) is 24.0 Å². The number of rotatable bonds is 5. The number of carbonyl (C=O) groups is 1. The molecule has 1 amide bonds. The number of carbonyl (C=O) groups excluding carboxylic acids is 1. The summed E-state index contributed by atoms with van der Waals surface area (Å²) in [5, 5.41) is 4.07. The number of ether oxygens (including phenoxy) is 3. The van der Waals surface area contributed by atoms with Gasteiger partial charge in [0.25, 0.3) is 5.91 Å². The molecule has 2 heterocycles. The predicted molar refractivity (Wildman–Crippen MR) is 92.0 cm³/mol. The van der Waals surface area contributed by atoms with E-state index in [0.717, 1.165) is 24.0 Å². The highest BCUT2D eigenvalue weighted by Gasteiger charge is 2.54. The normalized spacial score (nSPS) is 27.8. The third-order valence-electron chi connectivity index (χ3n) is 5.54. The molecule has 6 nitrogen and oxygen atoms in total. The summed E-state index contributed by atoms with van der Waals surface area (Å²) in [5.74, 6) is 1.46. The lowest BCUT2D eigenvalue weighted by Gasteiger charge is -2.47. The molecule has 2 aliphatic rings. The van der Waals surface area contributed by atoms with Crippen molar-refractivity contribution in [3.05, 3.63) is 29.5 Å². The Labute approximate surface area is 146 Å². The summed E-state index contributed by atoms with van der Waals surface area (Å²) in [6.07, 6.45) is 1.18. The maximum Gasteiger partial charge on any atom is 0.287 e. The van der Waals surface area contributed by atoms with Gasteiger partial charge >= 0.3 is 0 Å². The monoisotopic (exact) mass is 345 g/mol. The van der Waals surface area contributed by atoms with Gasteiger partial charge < -0.3 is 23.9 Å². The molecule has 1 aromatic heterocycles. The zero-order chi connectivity index (χ0) is 17.6. The first-order chi connectivity index (χ1) is 12.1. The number of hydrogen-bond donors (Lipinski definition) is 1. The predicted octanol–water partition coefficient (Wildman–Crippen LogP) is 2.53. The SMILES string of the molecule is COC[C@H]1[C@@H](NC(=O)c2oc3cc(OC)ccc3c2C)[C@H]2CCO[C@H]21. The Kier molecular flexibility index (Phi) is 4.17. The van der Waals surface area contributed by atoms with Crippen molar-refractivity contribution in [2.24, 2.45) is 11.8 Å². The quantitative estimate of drug-likeness (QED) is 0.902. The van der Waals surface area contributed by atoms with E-state index in [0.29, 0.717) is 29.6 Å². The molecule has 134 valence electrons. The van der Waals surface area contributed by atoms with E-state index >= 15 is 0 Å². The minimum Gasteiger partial charge on any atom is -0.497 e. The Morgan fingerprint density at radius 2 is 2.20 bits per heavy atom. The summed E-state index contributed by atoms with van der Waals surface area (Å²) < 4.78 is 22.1. The summed E-state index contributed by atoms with van der Waals surface area (Å²) >= 11 is 0. The summed E-state index contributed by atoms with van der Waals surface area (Å²) in [7, 11) is 3.29. The van der Waals surface area contributed by atoms with Crippen molar-refractivity contribution in [1.29, 1.82) is 0 Å². The Balaban J connectivity index is 1.56. The first-order valence-electron chi connectivity index (χ1n) is 8.62. The Hall–Kier alpha value is -2.05. The van der Waals surface area contributed by atoms with Crippen molar-refractivity contribution in [3.63, 3.8) is 0 Å². The van der Waals surface area contributed by atoms with Crippen LogP contribution in [0, 0.1) is 18.8 Å². The van der Waals surface area contributed by atoms with Gasteiger partial charge in [-0.2, -0.15) is 0 Å². The van der Waals surface area contributed by atoms with Crippen molar-refractivity contribution >= 4 is 16.9 Å². The number of amides is 1. The van der Waals surface area contributed by atoms with E-state index in [2.05, 4.69) is 5.32 Å². The number of hydrogen-bond acceptors (Lipinski definition) is 5. The second-order valence-electron chi connectivity index (χ2n) is 6.82. The van der Waals surface area contributed by atoms with Crippen LogP contribution in [-0.2, 0) is 9.47 Å². The zero-order valence-electron chi connectivity index (χ0n) is 14.7. The molecule has 0 bridgehead atoms. The zero-order valence-corrected chi connectivity index (χ0v) is 14.7. The summed E-state index contributed by atoms with van der Waals surface area (Å²) in [6, 6.07) is 5.66. The van der Waals surface area contributed by atoms with Gasteiger partial charge in [0.2, 0.25) is 0 Å². The molecule has 6 heteroatoms. The van der Waals surface area contributed by atoms with Crippen LogP contribution in [-0.4, -0.2) is 45.5 Å². The molecular formula is C19H23NO5.